The standard InChI is InChI=1S/C13H15ClO4/c14-11-3-1-2-10(8-11)4-5-18-13(15)12-9-16-6-7-17-12/h1-3,8,12H,4-7,9H2/t12-/m0/s1. The minimum Gasteiger partial charge on any atom is -0.463 e. The lowest BCUT2D eigenvalue weighted by Gasteiger charge is -2.21. The Kier molecular flexibility index (Phi) is 4.99. The third-order valence-electron chi connectivity index (χ3n) is 2.60. The Bertz CT molecular complexity index is 402. The largest absolute Gasteiger partial charge is 0.463 e. The number of halogens is 1. The molecule has 0 bridgehead atoms. The second kappa shape index (κ2) is 6.73. The predicted octanol–water partition coefficient (Wildman–Crippen LogP) is 1.84. The van der Waals surface area contributed by atoms with E-state index < -0.39 is 6.10 Å². The van der Waals surface area contributed by atoms with Crippen molar-refractivity contribution in [1.29, 1.82) is 0 Å². The van der Waals surface area contributed by atoms with Crippen molar-refractivity contribution >= 4 is 17.6 Å². The molecule has 1 aromatic carbocycles. The molecule has 1 aliphatic rings. The third-order valence-corrected chi connectivity index (χ3v) is 2.84. The van der Waals surface area contributed by atoms with Crippen LogP contribution in [0.3, 0.4) is 0 Å². The minimum atomic E-state index is -0.585. The Labute approximate surface area is 111 Å². The first kappa shape index (κ1) is 13.3. The van der Waals surface area contributed by atoms with Crippen LogP contribution in [0.4, 0.5) is 0 Å². The average Bonchev–Trinajstić information content (AvgIpc) is 2.40. The van der Waals surface area contributed by atoms with Crippen LogP contribution >= 0.6 is 11.6 Å². The number of esters is 1. The fraction of sp³-hybridized carbons (Fsp3) is 0.462. The lowest BCUT2D eigenvalue weighted by atomic mass is 10.2. The zero-order chi connectivity index (χ0) is 12.8. The first-order valence-electron chi connectivity index (χ1n) is 5.86. The number of hydrogen-bond donors (Lipinski definition) is 0. The van der Waals surface area contributed by atoms with E-state index in [1.165, 1.54) is 0 Å². The molecule has 0 aliphatic carbocycles. The molecule has 1 heterocycles. The van der Waals surface area contributed by atoms with E-state index in [1.54, 1.807) is 0 Å². The van der Waals surface area contributed by atoms with Crippen molar-refractivity contribution < 1.29 is 19.0 Å². The number of benzene rings is 1. The van der Waals surface area contributed by atoms with Gasteiger partial charge in [0.15, 0.2) is 6.10 Å². The van der Waals surface area contributed by atoms with Crippen LogP contribution in [0.25, 0.3) is 0 Å². The molecule has 1 aliphatic heterocycles. The van der Waals surface area contributed by atoms with Gasteiger partial charge in [0.1, 0.15) is 0 Å². The van der Waals surface area contributed by atoms with E-state index >= 15 is 0 Å². The highest BCUT2D eigenvalue weighted by Gasteiger charge is 2.23. The van der Waals surface area contributed by atoms with Gasteiger partial charge in [-0.25, -0.2) is 4.79 Å². The highest BCUT2D eigenvalue weighted by atomic mass is 35.5. The van der Waals surface area contributed by atoms with Crippen molar-refractivity contribution in [3.05, 3.63) is 34.9 Å². The fourth-order valence-electron chi connectivity index (χ4n) is 1.68. The molecule has 0 N–H and O–H groups in total. The highest BCUT2D eigenvalue weighted by molar-refractivity contribution is 6.30. The second-order valence-corrected chi connectivity index (χ2v) is 4.42. The van der Waals surface area contributed by atoms with Gasteiger partial charge >= 0.3 is 5.97 Å². The van der Waals surface area contributed by atoms with Crippen molar-refractivity contribution in [3.8, 4) is 0 Å². The van der Waals surface area contributed by atoms with Gasteiger partial charge in [0.2, 0.25) is 0 Å². The van der Waals surface area contributed by atoms with E-state index in [-0.39, 0.29) is 12.6 Å². The molecule has 0 spiro atoms. The van der Waals surface area contributed by atoms with E-state index in [0.717, 1.165) is 5.56 Å². The summed E-state index contributed by atoms with van der Waals surface area (Å²) < 4.78 is 15.5. The number of carbonyl (C=O) groups is 1. The quantitative estimate of drug-likeness (QED) is 0.783. The van der Waals surface area contributed by atoms with Crippen LogP contribution < -0.4 is 0 Å². The summed E-state index contributed by atoms with van der Waals surface area (Å²) in [5.41, 5.74) is 1.04. The first-order chi connectivity index (χ1) is 8.75. The van der Waals surface area contributed by atoms with Crippen molar-refractivity contribution in [2.75, 3.05) is 26.4 Å². The zero-order valence-corrected chi connectivity index (χ0v) is 10.7. The van der Waals surface area contributed by atoms with Gasteiger partial charge in [-0.2, -0.15) is 0 Å². The first-order valence-corrected chi connectivity index (χ1v) is 6.24. The Morgan fingerprint density at radius 2 is 2.33 bits per heavy atom. The van der Waals surface area contributed by atoms with Gasteiger partial charge in [0.25, 0.3) is 0 Å². The Morgan fingerprint density at radius 1 is 1.44 bits per heavy atom. The van der Waals surface area contributed by atoms with Crippen LogP contribution in [0, 0.1) is 0 Å². The average molecular weight is 271 g/mol. The SMILES string of the molecule is O=C(OCCc1cccc(Cl)c1)[C@@H]1COCCO1. The highest BCUT2D eigenvalue weighted by Crippen LogP contribution is 2.11. The summed E-state index contributed by atoms with van der Waals surface area (Å²) in [6.07, 6.45) is 0.0537. The van der Waals surface area contributed by atoms with Gasteiger partial charge in [-0.15, -0.1) is 0 Å². The van der Waals surface area contributed by atoms with Crippen LogP contribution in [-0.2, 0) is 25.4 Å². The smallest absolute Gasteiger partial charge is 0.337 e. The van der Waals surface area contributed by atoms with Crippen LogP contribution in [0.5, 0.6) is 0 Å². The van der Waals surface area contributed by atoms with E-state index in [2.05, 4.69) is 0 Å². The Balaban J connectivity index is 1.73. The van der Waals surface area contributed by atoms with E-state index in [9.17, 15) is 4.79 Å². The Morgan fingerprint density at radius 3 is 3.06 bits per heavy atom. The predicted molar refractivity (Wildman–Crippen MR) is 66.7 cm³/mol. The fourth-order valence-corrected chi connectivity index (χ4v) is 1.89. The lowest BCUT2D eigenvalue weighted by Crippen LogP contribution is -2.36. The summed E-state index contributed by atoms with van der Waals surface area (Å²) in [6, 6.07) is 7.48. The number of ether oxygens (including phenoxy) is 3. The molecule has 0 radical (unpaired) electrons. The maximum absolute atomic E-state index is 11.6. The van der Waals surface area contributed by atoms with Crippen molar-refractivity contribution in [1.82, 2.24) is 0 Å². The Hall–Kier alpha value is -1.10. The van der Waals surface area contributed by atoms with Gasteiger partial charge in [-0.05, 0) is 17.7 Å². The summed E-state index contributed by atoms with van der Waals surface area (Å²) in [7, 11) is 0. The number of hydrogen-bond acceptors (Lipinski definition) is 4. The van der Waals surface area contributed by atoms with Crippen LogP contribution in [0.15, 0.2) is 24.3 Å². The van der Waals surface area contributed by atoms with Crippen LogP contribution in [0.2, 0.25) is 5.02 Å². The molecule has 4 nitrogen and oxygen atoms in total. The van der Waals surface area contributed by atoms with E-state index in [4.69, 9.17) is 25.8 Å². The van der Waals surface area contributed by atoms with Crippen molar-refractivity contribution in [2.24, 2.45) is 0 Å². The lowest BCUT2D eigenvalue weighted by molar-refractivity contribution is -0.170. The monoisotopic (exact) mass is 270 g/mol. The van der Waals surface area contributed by atoms with Crippen molar-refractivity contribution in [2.45, 2.75) is 12.5 Å². The molecule has 1 atom stereocenters. The molecular weight excluding hydrogens is 256 g/mol. The molecule has 0 unspecified atom stereocenters. The van der Waals surface area contributed by atoms with E-state index in [1.807, 2.05) is 24.3 Å². The van der Waals surface area contributed by atoms with E-state index in [0.29, 0.717) is 31.3 Å². The number of rotatable bonds is 4. The van der Waals surface area contributed by atoms with Gasteiger partial charge in [-0.1, -0.05) is 23.7 Å². The van der Waals surface area contributed by atoms with Gasteiger partial charge in [-0.3, -0.25) is 0 Å². The summed E-state index contributed by atoms with van der Waals surface area (Å²) >= 11 is 5.86. The summed E-state index contributed by atoms with van der Waals surface area (Å²) in [6.45, 7) is 1.56. The molecule has 1 aromatic rings. The molecule has 0 saturated carbocycles. The molecule has 5 heteroatoms. The normalized spacial score (nSPS) is 19.5. The minimum absolute atomic E-state index is 0.274. The molecule has 98 valence electrons. The molecule has 18 heavy (non-hydrogen) atoms. The van der Waals surface area contributed by atoms with Gasteiger partial charge in [0.05, 0.1) is 26.4 Å². The summed E-state index contributed by atoms with van der Waals surface area (Å²) in [5, 5.41) is 0.683. The maximum Gasteiger partial charge on any atom is 0.337 e. The summed E-state index contributed by atoms with van der Waals surface area (Å²) in [5.74, 6) is -0.364. The van der Waals surface area contributed by atoms with Gasteiger partial charge in [0, 0.05) is 11.4 Å². The second-order valence-electron chi connectivity index (χ2n) is 3.98. The van der Waals surface area contributed by atoms with Crippen molar-refractivity contribution in [3.63, 3.8) is 0 Å². The molecule has 1 saturated heterocycles. The zero-order valence-electron chi connectivity index (χ0n) is 9.93. The molecular formula is C13H15ClO4. The van der Waals surface area contributed by atoms with Crippen LogP contribution in [0.1, 0.15) is 5.56 Å². The maximum atomic E-state index is 11.6. The third kappa shape index (κ3) is 3.98. The van der Waals surface area contributed by atoms with Crippen LogP contribution in [-0.4, -0.2) is 38.5 Å². The molecule has 0 aromatic heterocycles. The molecule has 1 fully saturated rings. The van der Waals surface area contributed by atoms with Gasteiger partial charge < -0.3 is 14.2 Å². The summed E-state index contributed by atoms with van der Waals surface area (Å²) in [4.78, 5) is 11.6. The number of carbonyl (C=O) groups excluding carboxylic acids is 1. The topological polar surface area (TPSA) is 44.8 Å². The molecule has 0 amide bonds. The molecule has 2 rings (SSSR count).